The SMILES string of the molecule is CSc1ccccc1C(=O)OCC(=O)NC1CC2CCC1(C)C2(C)C. The van der Waals surface area contributed by atoms with Gasteiger partial charge in [0, 0.05) is 10.9 Å². The van der Waals surface area contributed by atoms with Gasteiger partial charge in [0.1, 0.15) is 0 Å². The molecule has 5 heteroatoms. The highest BCUT2D eigenvalue weighted by Gasteiger charge is 2.61. The third-order valence-corrected chi connectivity index (χ3v) is 7.59. The summed E-state index contributed by atoms with van der Waals surface area (Å²) in [4.78, 5) is 25.4. The first-order chi connectivity index (χ1) is 11.8. The highest BCUT2D eigenvalue weighted by atomic mass is 32.2. The van der Waals surface area contributed by atoms with E-state index in [9.17, 15) is 9.59 Å². The van der Waals surface area contributed by atoms with E-state index >= 15 is 0 Å². The van der Waals surface area contributed by atoms with Crippen molar-refractivity contribution in [2.75, 3.05) is 12.9 Å². The zero-order valence-corrected chi connectivity index (χ0v) is 16.2. The first kappa shape index (κ1) is 18.3. The number of hydrogen-bond donors (Lipinski definition) is 1. The lowest BCUT2D eigenvalue weighted by atomic mass is 9.69. The Morgan fingerprint density at radius 2 is 2.00 bits per heavy atom. The second kappa shape index (κ2) is 6.67. The minimum absolute atomic E-state index is 0.128. The van der Waals surface area contributed by atoms with Crippen molar-refractivity contribution in [3.63, 3.8) is 0 Å². The van der Waals surface area contributed by atoms with Gasteiger partial charge in [-0.05, 0) is 54.4 Å². The maximum atomic E-state index is 12.3. The van der Waals surface area contributed by atoms with Crippen LogP contribution in [0, 0.1) is 16.7 Å². The highest BCUT2D eigenvalue weighted by molar-refractivity contribution is 7.98. The molecule has 0 aromatic heterocycles. The van der Waals surface area contributed by atoms with Crippen LogP contribution in [0.1, 0.15) is 50.4 Å². The molecule has 2 fully saturated rings. The predicted molar refractivity (Wildman–Crippen MR) is 99.7 cm³/mol. The van der Waals surface area contributed by atoms with Crippen molar-refractivity contribution in [3.05, 3.63) is 29.8 Å². The van der Waals surface area contributed by atoms with Gasteiger partial charge in [0.15, 0.2) is 6.61 Å². The number of esters is 1. The van der Waals surface area contributed by atoms with Crippen LogP contribution in [0.5, 0.6) is 0 Å². The summed E-state index contributed by atoms with van der Waals surface area (Å²) in [7, 11) is 0. The van der Waals surface area contributed by atoms with E-state index in [0.717, 1.165) is 17.7 Å². The molecular weight excluding hydrogens is 334 g/mol. The van der Waals surface area contributed by atoms with Crippen LogP contribution < -0.4 is 5.32 Å². The Morgan fingerprint density at radius 1 is 1.28 bits per heavy atom. The third kappa shape index (κ3) is 3.07. The zero-order valence-electron chi connectivity index (χ0n) is 15.4. The minimum Gasteiger partial charge on any atom is -0.452 e. The molecule has 0 saturated heterocycles. The summed E-state index contributed by atoms with van der Waals surface area (Å²) in [6.45, 7) is 6.69. The van der Waals surface area contributed by atoms with Gasteiger partial charge in [0.25, 0.3) is 5.91 Å². The van der Waals surface area contributed by atoms with Crippen molar-refractivity contribution in [2.45, 2.75) is 51.0 Å². The molecule has 3 atom stereocenters. The number of amides is 1. The average Bonchev–Trinajstić information content (AvgIpc) is 2.93. The van der Waals surface area contributed by atoms with Crippen molar-refractivity contribution in [3.8, 4) is 0 Å². The molecule has 2 aliphatic carbocycles. The molecule has 0 spiro atoms. The standard InChI is InChI=1S/C20H27NO3S/c1-19(2)13-9-10-20(19,3)16(11-13)21-17(22)12-24-18(23)14-7-5-6-8-15(14)25-4/h5-8,13,16H,9-12H2,1-4H3,(H,21,22). The lowest BCUT2D eigenvalue weighted by Gasteiger charge is -2.39. The molecule has 0 aliphatic heterocycles. The van der Waals surface area contributed by atoms with E-state index in [4.69, 9.17) is 4.74 Å². The fourth-order valence-corrected chi connectivity index (χ4v) is 5.27. The summed E-state index contributed by atoms with van der Waals surface area (Å²) < 4.78 is 5.24. The van der Waals surface area contributed by atoms with E-state index in [2.05, 4.69) is 26.1 Å². The summed E-state index contributed by atoms with van der Waals surface area (Å²) in [5.41, 5.74) is 0.887. The van der Waals surface area contributed by atoms with Crippen LogP contribution in [0.3, 0.4) is 0 Å². The molecule has 0 radical (unpaired) electrons. The Balaban J connectivity index is 1.57. The first-order valence-corrected chi connectivity index (χ1v) is 10.1. The molecule has 0 heterocycles. The largest absolute Gasteiger partial charge is 0.452 e. The maximum absolute atomic E-state index is 12.3. The summed E-state index contributed by atoms with van der Waals surface area (Å²) in [5.74, 6) is 0.0166. The number of carbonyl (C=O) groups excluding carboxylic acids is 2. The summed E-state index contributed by atoms with van der Waals surface area (Å²) in [6.07, 6.45) is 5.34. The summed E-state index contributed by atoms with van der Waals surface area (Å²) in [6, 6.07) is 7.46. The average molecular weight is 362 g/mol. The normalized spacial score (nSPS) is 29.4. The molecule has 1 amide bonds. The molecule has 4 nitrogen and oxygen atoms in total. The van der Waals surface area contributed by atoms with Gasteiger partial charge in [-0.25, -0.2) is 4.79 Å². The maximum Gasteiger partial charge on any atom is 0.339 e. The Bertz CT molecular complexity index is 687. The number of thioether (sulfide) groups is 1. The first-order valence-electron chi connectivity index (χ1n) is 8.89. The van der Waals surface area contributed by atoms with E-state index in [-0.39, 0.29) is 29.4 Å². The molecule has 2 bridgehead atoms. The topological polar surface area (TPSA) is 55.4 Å². The van der Waals surface area contributed by atoms with Gasteiger partial charge in [0.05, 0.1) is 5.56 Å². The van der Waals surface area contributed by atoms with Gasteiger partial charge in [0.2, 0.25) is 0 Å². The van der Waals surface area contributed by atoms with Crippen LogP contribution in [-0.4, -0.2) is 30.8 Å². The second-order valence-corrected chi connectivity index (χ2v) is 8.86. The van der Waals surface area contributed by atoms with Crippen LogP contribution >= 0.6 is 11.8 Å². The molecule has 1 aromatic rings. The van der Waals surface area contributed by atoms with Gasteiger partial charge in [-0.15, -0.1) is 11.8 Å². The Kier molecular flexibility index (Phi) is 4.89. The van der Waals surface area contributed by atoms with Crippen molar-refractivity contribution in [2.24, 2.45) is 16.7 Å². The van der Waals surface area contributed by atoms with Crippen molar-refractivity contribution in [1.82, 2.24) is 5.32 Å². The third-order valence-electron chi connectivity index (χ3n) is 6.79. The molecule has 2 saturated carbocycles. The monoisotopic (exact) mass is 361 g/mol. The van der Waals surface area contributed by atoms with E-state index in [1.165, 1.54) is 18.2 Å². The number of carbonyl (C=O) groups is 2. The van der Waals surface area contributed by atoms with Crippen molar-refractivity contribution >= 4 is 23.6 Å². The van der Waals surface area contributed by atoms with Gasteiger partial charge in [-0.2, -0.15) is 0 Å². The predicted octanol–water partition coefficient (Wildman–Crippen LogP) is 3.90. The van der Waals surface area contributed by atoms with Crippen LogP contribution in [-0.2, 0) is 9.53 Å². The Morgan fingerprint density at radius 3 is 2.60 bits per heavy atom. The van der Waals surface area contributed by atoms with Crippen LogP contribution in [0.25, 0.3) is 0 Å². The molecule has 1 aromatic carbocycles. The number of ether oxygens (including phenoxy) is 1. The summed E-state index contributed by atoms with van der Waals surface area (Å²) in [5, 5.41) is 3.12. The molecular formula is C20H27NO3S. The molecule has 1 N–H and O–H groups in total. The van der Waals surface area contributed by atoms with Crippen molar-refractivity contribution < 1.29 is 14.3 Å². The Labute approximate surface area is 154 Å². The van der Waals surface area contributed by atoms with Crippen LogP contribution in [0.15, 0.2) is 29.2 Å². The van der Waals surface area contributed by atoms with Gasteiger partial charge >= 0.3 is 5.97 Å². The molecule has 3 rings (SSSR count). The smallest absolute Gasteiger partial charge is 0.339 e. The minimum atomic E-state index is -0.445. The van der Waals surface area contributed by atoms with E-state index in [1.54, 1.807) is 12.1 Å². The van der Waals surface area contributed by atoms with Gasteiger partial charge in [-0.3, -0.25) is 4.79 Å². The molecule has 25 heavy (non-hydrogen) atoms. The quantitative estimate of drug-likeness (QED) is 0.638. The second-order valence-electron chi connectivity index (χ2n) is 8.01. The van der Waals surface area contributed by atoms with Crippen LogP contribution in [0.2, 0.25) is 0 Å². The van der Waals surface area contributed by atoms with E-state index in [0.29, 0.717) is 11.5 Å². The van der Waals surface area contributed by atoms with Gasteiger partial charge in [-0.1, -0.05) is 32.9 Å². The molecule has 2 aliphatic rings. The number of nitrogens with one attached hydrogen (secondary N) is 1. The zero-order chi connectivity index (χ0) is 18.2. The summed E-state index contributed by atoms with van der Waals surface area (Å²) >= 11 is 1.49. The Hall–Kier alpha value is -1.49. The number of hydrogen-bond acceptors (Lipinski definition) is 4. The van der Waals surface area contributed by atoms with Crippen LogP contribution in [0.4, 0.5) is 0 Å². The highest BCUT2D eigenvalue weighted by Crippen LogP contribution is 2.65. The number of rotatable bonds is 5. The fourth-order valence-electron chi connectivity index (χ4n) is 4.68. The molecule has 136 valence electrons. The van der Waals surface area contributed by atoms with Gasteiger partial charge < -0.3 is 10.1 Å². The van der Waals surface area contributed by atoms with E-state index < -0.39 is 5.97 Å². The van der Waals surface area contributed by atoms with Crippen molar-refractivity contribution in [1.29, 1.82) is 0 Å². The lowest BCUT2D eigenvalue weighted by molar-refractivity contribution is -0.126. The number of benzene rings is 1. The molecule has 3 unspecified atom stereocenters. The van der Waals surface area contributed by atoms with E-state index in [1.807, 2.05) is 18.4 Å². The fraction of sp³-hybridized carbons (Fsp3) is 0.600. The lowest BCUT2D eigenvalue weighted by Crippen LogP contribution is -2.48. The number of fused-ring (bicyclic) bond motifs is 2.